The van der Waals surface area contributed by atoms with Crippen molar-refractivity contribution < 1.29 is 19.1 Å². The molecule has 6 heteroatoms. The number of ether oxygens (including phenoxy) is 1. The molecule has 0 unspecified atom stereocenters. The Balaban J connectivity index is 1.68. The van der Waals surface area contributed by atoms with E-state index >= 15 is 0 Å². The maximum atomic E-state index is 12.9. The van der Waals surface area contributed by atoms with E-state index in [1.165, 1.54) is 5.56 Å². The summed E-state index contributed by atoms with van der Waals surface area (Å²) < 4.78 is 5.43. The van der Waals surface area contributed by atoms with Gasteiger partial charge in [-0.25, -0.2) is 4.79 Å². The first-order valence-corrected chi connectivity index (χ1v) is 10.4. The molecule has 2 aromatic carbocycles. The second-order valence-electron chi connectivity index (χ2n) is 9.31. The number of imide groups is 1. The highest BCUT2D eigenvalue weighted by atomic mass is 16.5. The van der Waals surface area contributed by atoms with Crippen LogP contribution in [0.4, 0.5) is 4.79 Å². The Hall–Kier alpha value is -3.15. The van der Waals surface area contributed by atoms with Gasteiger partial charge in [0.1, 0.15) is 18.7 Å². The topological polar surface area (TPSA) is 75.7 Å². The van der Waals surface area contributed by atoms with Crippen molar-refractivity contribution in [1.29, 1.82) is 0 Å². The van der Waals surface area contributed by atoms with Gasteiger partial charge in [0.15, 0.2) is 0 Å². The van der Waals surface area contributed by atoms with Crippen LogP contribution in [0, 0.1) is 13.8 Å². The van der Waals surface area contributed by atoms with Crippen LogP contribution in [0.15, 0.2) is 42.5 Å². The number of hydrogen-bond acceptors (Lipinski definition) is 4. The first kappa shape index (κ1) is 22.5. The zero-order valence-corrected chi connectivity index (χ0v) is 19.0. The molecule has 3 rings (SSSR count). The zero-order valence-electron chi connectivity index (χ0n) is 19.0. The Kier molecular flexibility index (Phi) is 5.94. The van der Waals surface area contributed by atoms with Crippen LogP contribution in [-0.4, -0.2) is 29.4 Å². The van der Waals surface area contributed by atoms with Gasteiger partial charge in [0, 0.05) is 0 Å². The van der Waals surface area contributed by atoms with Crippen LogP contribution < -0.4 is 5.32 Å². The average molecular weight is 423 g/mol. The number of nitrogens with one attached hydrogen (secondary N) is 1. The van der Waals surface area contributed by atoms with Crippen LogP contribution >= 0.6 is 0 Å². The van der Waals surface area contributed by atoms with Crippen molar-refractivity contribution in [3.05, 3.63) is 70.3 Å². The van der Waals surface area contributed by atoms with Gasteiger partial charge in [-0.05, 0) is 54.0 Å². The normalized spacial score (nSPS) is 18.8. The summed E-state index contributed by atoms with van der Waals surface area (Å²) in [6.45, 7) is 11.8. The second-order valence-corrected chi connectivity index (χ2v) is 9.31. The molecule has 6 nitrogen and oxygen atoms in total. The number of carbonyl (C=O) groups is 3. The maximum Gasteiger partial charge on any atom is 0.326 e. The van der Waals surface area contributed by atoms with E-state index < -0.39 is 30.0 Å². The van der Waals surface area contributed by atoms with Gasteiger partial charge in [-0.2, -0.15) is 0 Å². The zero-order chi connectivity index (χ0) is 23.0. The number of aryl methyl sites for hydroxylation is 2. The number of amides is 3. The minimum atomic E-state index is -1.20. The fourth-order valence-electron chi connectivity index (χ4n) is 3.79. The Morgan fingerprint density at radius 2 is 1.65 bits per heavy atom. The highest BCUT2D eigenvalue weighted by Crippen LogP contribution is 2.29. The van der Waals surface area contributed by atoms with Crippen molar-refractivity contribution in [2.24, 2.45) is 0 Å². The molecule has 1 N–H and O–H groups in total. The van der Waals surface area contributed by atoms with Gasteiger partial charge >= 0.3 is 12.0 Å². The Morgan fingerprint density at radius 3 is 2.19 bits per heavy atom. The van der Waals surface area contributed by atoms with E-state index in [4.69, 9.17) is 4.74 Å². The lowest BCUT2D eigenvalue weighted by Crippen LogP contribution is -2.41. The van der Waals surface area contributed by atoms with Crippen molar-refractivity contribution in [3.63, 3.8) is 0 Å². The molecule has 31 heavy (non-hydrogen) atoms. The van der Waals surface area contributed by atoms with Crippen molar-refractivity contribution >= 4 is 17.9 Å². The molecule has 0 aromatic heterocycles. The smallest absolute Gasteiger partial charge is 0.326 e. The fourth-order valence-corrected chi connectivity index (χ4v) is 3.79. The molecule has 0 radical (unpaired) electrons. The summed E-state index contributed by atoms with van der Waals surface area (Å²) in [6, 6.07) is 12.6. The summed E-state index contributed by atoms with van der Waals surface area (Å²) in [7, 11) is 0. The van der Waals surface area contributed by atoms with Crippen LogP contribution in [-0.2, 0) is 31.9 Å². The summed E-state index contributed by atoms with van der Waals surface area (Å²) >= 11 is 0. The maximum absolute atomic E-state index is 12.9. The molecule has 0 aliphatic carbocycles. The molecule has 2 aromatic rings. The Morgan fingerprint density at radius 1 is 1.06 bits per heavy atom. The summed E-state index contributed by atoms with van der Waals surface area (Å²) in [6.07, 6.45) is 0. The van der Waals surface area contributed by atoms with E-state index in [1.807, 2.05) is 19.9 Å². The van der Waals surface area contributed by atoms with Gasteiger partial charge in [-0.3, -0.25) is 14.5 Å². The van der Waals surface area contributed by atoms with E-state index in [0.29, 0.717) is 5.56 Å². The summed E-state index contributed by atoms with van der Waals surface area (Å²) in [4.78, 5) is 38.7. The number of hydrogen-bond donors (Lipinski definition) is 1. The van der Waals surface area contributed by atoms with Crippen molar-refractivity contribution in [3.8, 4) is 0 Å². The lowest BCUT2D eigenvalue weighted by molar-refractivity contribution is -0.148. The third kappa shape index (κ3) is 4.48. The van der Waals surface area contributed by atoms with Gasteiger partial charge in [0.05, 0.1) is 0 Å². The highest BCUT2D eigenvalue weighted by molar-refractivity contribution is 6.08. The minimum absolute atomic E-state index is 0.0274. The SMILES string of the molecule is Cc1cc(C(C)(C)C)cc(C)c1COC(=O)CN1C(=O)N[C@](C)(c2ccccc2)C1=O. The van der Waals surface area contributed by atoms with E-state index in [-0.39, 0.29) is 12.0 Å². The number of urea groups is 1. The number of esters is 1. The van der Waals surface area contributed by atoms with E-state index in [9.17, 15) is 14.4 Å². The summed E-state index contributed by atoms with van der Waals surface area (Å²) in [5, 5.41) is 2.69. The van der Waals surface area contributed by atoms with Gasteiger partial charge in [-0.1, -0.05) is 63.2 Å². The van der Waals surface area contributed by atoms with Crippen molar-refractivity contribution in [1.82, 2.24) is 10.2 Å². The quantitative estimate of drug-likeness (QED) is 0.581. The predicted molar refractivity (Wildman–Crippen MR) is 118 cm³/mol. The summed E-state index contributed by atoms with van der Waals surface area (Å²) in [5.41, 5.74) is 3.74. The number of carbonyl (C=O) groups excluding carboxylic acids is 3. The largest absolute Gasteiger partial charge is 0.459 e. The van der Waals surface area contributed by atoms with Crippen molar-refractivity contribution in [2.45, 2.75) is 59.1 Å². The number of nitrogens with zero attached hydrogens (tertiary/aromatic N) is 1. The van der Waals surface area contributed by atoms with Gasteiger partial charge in [0.2, 0.25) is 0 Å². The van der Waals surface area contributed by atoms with Gasteiger partial charge in [0.25, 0.3) is 5.91 Å². The third-order valence-corrected chi connectivity index (χ3v) is 5.85. The van der Waals surface area contributed by atoms with E-state index in [2.05, 4.69) is 38.2 Å². The molecule has 1 saturated heterocycles. The molecule has 1 atom stereocenters. The van der Waals surface area contributed by atoms with Crippen molar-refractivity contribution in [2.75, 3.05) is 6.54 Å². The Labute approximate surface area is 183 Å². The molecule has 0 saturated carbocycles. The van der Waals surface area contributed by atoms with E-state index in [1.54, 1.807) is 31.2 Å². The molecule has 0 bridgehead atoms. The molecule has 1 aliphatic heterocycles. The number of rotatable bonds is 5. The predicted octanol–water partition coefficient (Wildman–Crippen LogP) is 4.11. The fraction of sp³-hybridized carbons (Fsp3) is 0.400. The van der Waals surface area contributed by atoms with Crippen LogP contribution in [0.25, 0.3) is 0 Å². The molecular weight excluding hydrogens is 392 g/mol. The van der Waals surface area contributed by atoms with E-state index in [0.717, 1.165) is 21.6 Å². The average Bonchev–Trinajstić information content (AvgIpc) is 2.91. The highest BCUT2D eigenvalue weighted by Gasteiger charge is 2.49. The standard InChI is InChI=1S/C25H30N2O4/c1-16-12-19(24(3,4)5)13-17(2)20(16)15-31-21(28)14-27-22(29)25(6,26-23(27)30)18-10-8-7-9-11-18/h7-13H,14-15H2,1-6H3,(H,26,30)/t25-/m1/s1. The van der Waals surface area contributed by atoms with Gasteiger partial charge < -0.3 is 10.1 Å². The molecule has 1 fully saturated rings. The minimum Gasteiger partial charge on any atom is -0.459 e. The lowest BCUT2D eigenvalue weighted by Gasteiger charge is -2.23. The first-order chi connectivity index (χ1) is 14.4. The molecule has 3 amide bonds. The van der Waals surface area contributed by atoms with Crippen LogP contribution in [0.3, 0.4) is 0 Å². The monoisotopic (exact) mass is 422 g/mol. The molecule has 1 aliphatic rings. The second kappa shape index (κ2) is 8.17. The molecule has 0 spiro atoms. The summed E-state index contributed by atoms with van der Waals surface area (Å²) in [5.74, 6) is -1.10. The van der Waals surface area contributed by atoms with Gasteiger partial charge in [-0.15, -0.1) is 0 Å². The van der Waals surface area contributed by atoms with Crippen LogP contribution in [0.5, 0.6) is 0 Å². The first-order valence-electron chi connectivity index (χ1n) is 10.4. The number of benzene rings is 2. The Bertz CT molecular complexity index is 1000. The van der Waals surface area contributed by atoms with Crippen LogP contribution in [0.2, 0.25) is 0 Å². The molecule has 164 valence electrons. The van der Waals surface area contributed by atoms with Crippen LogP contribution in [0.1, 0.15) is 55.5 Å². The molecular formula is C25H30N2O4. The lowest BCUT2D eigenvalue weighted by atomic mass is 9.84. The third-order valence-electron chi connectivity index (χ3n) is 5.85. The molecule has 1 heterocycles.